The van der Waals surface area contributed by atoms with Crippen LogP contribution in [0.3, 0.4) is 0 Å². The lowest BCUT2D eigenvalue weighted by molar-refractivity contribution is 0.00718. The molecule has 108 valence electrons. The topological polar surface area (TPSA) is 68.4 Å². The molecule has 0 aliphatic carbocycles. The van der Waals surface area contributed by atoms with E-state index in [1.54, 1.807) is 19.2 Å². The number of rotatable bonds is 4. The fourth-order valence-corrected chi connectivity index (χ4v) is 2.08. The molecule has 0 fully saturated rings. The van der Waals surface area contributed by atoms with Crippen molar-refractivity contribution in [3.8, 4) is 5.75 Å². The average Bonchev–Trinajstić information content (AvgIpc) is 2.79. The lowest BCUT2D eigenvalue weighted by Crippen LogP contribution is -2.21. The van der Waals surface area contributed by atoms with Crippen LogP contribution in [0.1, 0.15) is 44.2 Å². The van der Waals surface area contributed by atoms with E-state index in [1.165, 1.54) is 0 Å². The van der Waals surface area contributed by atoms with Crippen LogP contribution in [0, 0.1) is 5.41 Å². The number of phenolic OH excluding ortho intramolecular Hbond substituents is 1. The van der Waals surface area contributed by atoms with E-state index in [1.807, 2.05) is 12.1 Å². The van der Waals surface area contributed by atoms with E-state index in [-0.39, 0.29) is 17.3 Å². The van der Waals surface area contributed by atoms with E-state index in [9.17, 15) is 5.11 Å². The van der Waals surface area contributed by atoms with E-state index in [0.29, 0.717) is 18.1 Å². The summed E-state index contributed by atoms with van der Waals surface area (Å²) in [6.45, 7) is 6.20. The molecule has 1 unspecified atom stereocenters. The number of methoxy groups -OCH3 is 1. The molecule has 0 bridgehead atoms. The largest absolute Gasteiger partial charge is 0.508 e. The molecular weight excluding hydrogens is 256 g/mol. The number of hydrogen-bond acceptors (Lipinski definition) is 5. The molecule has 2 rings (SSSR count). The zero-order valence-corrected chi connectivity index (χ0v) is 12.3. The summed E-state index contributed by atoms with van der Waals surface area (Å²) < 4.78 is 10.7. The Labute approximate surface area is 118 Å². The van der Waals surface area contributed by atoms with Gasteiger partial charge in [0.15, 0.2) is 0 Å². The smallest absolute Gasteiger partial charge is 0.231 e. The summed E-state index contributed by atoms with van der Waals surface area (Å²) in [6, 6.07) is 6.94. The van der Waals surface area contributed by atoms with E-state index < -0.39 is 0 Å². The van der Waals surface area contributed by atoms with E-state index in [2.05, 4.69) is 30.9 Å². The standard InChI is InChI=1S/C15H20N2O3/c1-15(2,3)13(19-4)14-16-12(20-17-14)9-10-5-7-11(18)8-6-10/h5-8,13,18H,9H2,1-4H3. The van der Waals surface area contributed by atoms with Gasteiger partial charge in [-0.25, -0.2) is 0 Å². The summed E-state index contributed by atoms with van der Waals surface area (Å²) in [5, 5.41) is 13.3. The third-order valence-corrected chi connectivity index (χ3v) is 3.03. The molecule has 5 nitrogen and oxygen atoms in total. The second-order valence-corrected chi connectivity index (χ2v) is 5.87. The van der Waals surface area contributed by atoms with Crippen molar-refractivity contribution in [1.82, 2.24) is 10.1 Å². The molecule has 0 spiro atoms. The van der Waals surface area contributed by atoms with Crippen molar-refractivity contribution in [1.29, 1.82) is 0 Å². The SMILES string of the molecule is COC(c1noc(Cc2ccc(O)cc2)n1)C(C)(C)C. The third-order valence-electron chi connectivity index (χ3n) is 3.03. The van der Waals surface area contributed by atoms with Gasteiger partial charge in [-0.15, -0.1) is 0 Å². The Morgan fingerprint density at radius 2 is 1.90 bits per heavy atom. The lowest BCUT2D eigenvalue weighted by atomic mass is 9.88. The van der Waals surface area contributed by atoms with E-state index in [0.717, 1.165) is 5.56 Å². The van der Waals surface area contributed by atoms with Crippen molar-refractivity contribution in [2.75, 3.05) is 7.11 Å². The molecule has 1 atom stereocenters. The molecule has 1 heterocycles. The van der Waals surface area contributed by atoms with Gasteiger partial charge in [0, 0.05) is 7.11 Å². The zero-order valence-electron chi connectivity index (χ0n) is 12.3. The van der Waals surface area contributed by atoms with Crippen molar-refractivity contribution in [2.45, 2.75) is 33.3 Å². The number of aromatic hydroxyl groups is 1. The molecule has 20 heavy (non-hydrogen) atoms. The summed E-state index contributed by atoms with van der Waals surface area (Å²) in [6.07, 6.45) is 0.327. The van der Waals surface area contributed by atoms with Crippen molar-refractivity contribution in [2.24, 2.45) is 5.41 Å². The highest BCUT2D eigenvalue weighted by Gasteiger charge is 2.30. The molecule has 0 radical (unpaired) electrons. The number of hydrogen-bond donors (Lipinski definition) is 1. The van der Waals surface area contributed by atoms with Gasteiger partial charge in [0.1, 0.15) is 11.9 Å². The highest BCUT2D eigenvalue weighted by atomic mass is 16.5. The first kappa shape index (κ1) is 14.5. The first-order valence-electron chi connectivity index (χ1n) is 6.53. The minimum absolute atomic E-state index is 0.103. The van der Waals surface area contributed by atoms with E-state index in [4.69, 9.17) is 9.26 Å². The molecule has 0 aliphatic heterocycles. The highest BCUT2D eigenvalue weighted by Crippen LogP contribution is 2.33. The first-order chi connectivity index (χ1) is 9.40. The quantitative estimate of drug-likeness (QED) is 0.929. The number of benzene rings is 1. The van der Waals surface area contributed by atoms with Crippen LogP contribution in [0.5, 0.6) is 5.75 Å². The van der Waals surface area contributed by atoms with Gasteiger partial charge in [0.05, 0.1) is 6.42 Å². The summed E-state index contributed by atoms with van der Waals surface area (Å²) in [4.78, 5) is 4.40. The molecule has 1 aromatic carbocycles. The van der Waals surface area contributed by atoms with Gasteiger partial charge in [-0.2, -0.15) is 4.98 Å². The molecule has 0 aliphatic rings. The van der Waals surface area contributed by atoms with E-state index >= 15 is 0 Å². The zero-order chi connectivity index (χ0) is 14.8. The monoisotopic (exact) mass is 276 g/mol. The third kappa shape index (κ3) is 3.36. The second kappa shape index (κ2) is 5.63. The molecular formula is C15H20N2O3. The molecule has 1 aromatic heterocycles. The van der Waals surface area contributed by atoms with Crippen LogP contribution in [-0.2, 0) is 11.2 Å². The van der Waals surface area contributed by atoms with Crippen molar-refractivity contribution < 1.29 is 14.4 Å². The van der Waals surface area contributed by atoms with Crippen LogP contribution in [0.25, 0.3) is 0 Å². The van der Waals surface area contributed by atoms with Crippen LogP contribution in [0.2, 0.25) is 0 Å². The van der Waals surface area contributed by atoms with Gasteiger partial charge in [-0.3, -0.25) is 0 Å². The van der Waals surface area contributed by atoms with Gasteiger partial charge in [0.25, 0.3) is 0 Å². The molecule has 0 saturated heterocycles. The van der Waals surface area contributed by atoms with Crippen LogP contribution in [-0.4, -0.2) is 22.4 Å². The van der Waals surface area contributed by atoms with Crippen LogP contribution in [0.15, 0.2) is 28.8 Å². The first-order valence-corrected chi connectivity index (χ1v) is 6.53. The maximum absolute atomic E-state index is 9.25. The Balaban J connectivity index is 2.14. The van der Waals surface area contributed by atoms with Gasteiger partial charge >= 0.3 is 0 Å². The predicted molar refractivity (Wildman–Crippen MR) is 74.4 cm³/mol. The van der Waals surface area contributed by atoms with Crippen LogP contribution >= 0.6 is 0 Å². The van der Waals surface area contributed by atoms with Gasteiger partial charge < -0.3 is 14.4 Å². The van der Waals surface area contributed by atoms with Crippen LogP contribution < -0.4 is 0 Å². The van der Waals surface area contributed by atoms with Crippen molar-refractivity contribution in [3.05, 3.63) is 41.5 Å². The molecule has 1 N–H and O–H groups in total. The highest BCUT2D eigenvalue weighted by molar-refractivity contribution is 5.27. The predicted octanol–water partition coefficient (Wildman–Crippen LogP) is 3.10. The fourth-order valence-electron chi connectivity index (χ4n) is 2.08. The van der Waals surface area contributed by atoms with Crippen molar-refractivity contribution >= 4 is 0 Å². The summed E-state index contributed by atoms with van der Waals surface area (Å²) in [7, 11) is 1.64. The Kier molecular flexibility index (Phi) is 4.09. The summed E-state index contributed by atoms with van der Waals surface area (Å²) in [5.41, 5.74) is 0.900. The van der Waals surface area contributed by atoms with Gasteiger partial charge in [-0.1, -0.05) is 38.1 Å². The summed E-state index contributed by atoms with van der Waals surface area (Å²) in [5.74, 6) is 1.35. The Morgan fingerprint density at radius 1 is 1.25 bits per heavy atom. The van der Waals surface area contributed by atoms with Crippen LogP contribution in [0.4, 0.5) is 0 Å². The lowest BCUT2D eigenvalue weighted by Gasteiger charge is -2.26. The van der Waals surface area contributed by atoms with Gasteiger partial charge in [-0.05, 0) is 23.1 Å². The molecule has 0 amide bonds. The molecule has 0 saturated carbocycles. The Morgan fingerprint density at radius 3 is 2.45 bits per heavy atom. The fraction of sp³-hybridized carbons (Fsp3) is 0.467. The maximum atomic E-state index is 9.25. The number of nitrogens with zero attached hydrogens (tertiary/aromatic N) is 2. The number of ether oxygens (including phenoxy) is 1. The normalized spacial score (nSPS) is 13.4. The number of phenols is 1. The number of aromatic nitrogens is 2. The minimum Gasteiger partial charge on any atom is -0.508 e. The second-order valence-electron chi connectivity index (χ2n) is 5.87. The molecule has 2 aromatic rings. The summed E-state index contributed by atoms with van der Waals surface area (Å²) >= 11 is 0. The maximum Gasteiger partial charge on any atom is 0.231 e. The average molecular weight is 276 g/mol. The van der Waals surface area contributed by atoms with Crippen molar-refractivity contribution in [3.63, 3.8) is 0 Å². The molecule has 5 heteroatoms. The Bertz CT molecular complexity index is 555. The minimum atomic E-state index is -0.209. The Hall–Kier alpha value is -1.88. The van der Waals surface area contributed by atoms with Gasteiger partial charge in [0.2, 0.25) is 11.7 Å².